The smallest absolute Gasteiger partial charge is 0.246 e. The molecule has 9 heavy (non-hydrogen) atoms. The largest absolute Gasteiger partial charge is 0.264 e. The molecule has 1 aromatic heterocycles. The zero-order valence-electron chi connectivity index (χ0n) is 4.48. The topological polar surface area (TPSA) is 56.0 Å². The minimum Gasteiger partial charge on any atom is -0.264 e. The van der Waals surface area contributed by atoms with Gasteiger partial charge in [-0.25, -0.2) is 4.98 Å². The Kier molecular flexibility index (Phi) is 1.74. The van der Waals surface area contributed by atoms with E-state index in [9.17, 15) is 10.1 Å². The second kappa shape index (κ2) is 2.54. The van der Waals surface area contributed by atoms with Gasteiger partial charge in [-0.1, -0.05) is 0 Å². The average Bonchev–Trinajstić information content (AvgIpc) is 2.15. The molecular formula is C4H4N2O2S. The van der Waals surface area contributed by atoms with Gasteiger partial charge in [0.1, 0.15) is 5.69 Å². The maximum Gasteiger partial charge on any atom is 0.246 e. The van der Waals surface area contributed by atoms with Crippen LogP contribution in [0.15, 0.2) is 10.9 Å². The van der Waals surface area contributed by atoms with Gasteiger partial charge in [0.15, 0.2) is 0 Å². The quantitative estimate of drug-likeness (QED) is 0.458. The first-order valence-corrected chi connectivity index (χ1v) is 3.22. The van der Waals surface area contributed by atoms with Gasteiger partial charge >= 0.3 is 0 Å². The maximum atomic E-state index is 9.84. The van der Waals surface area contributed by atoms with Crippen molar-refractivity contribution >= 4 is 11.3 Å². The molecule has 0 N–H and O–H groups in total. The first kappa shape index (κ1) is 6.15. The van der Waals surface area contributed by atoms with Crippen molar-refractivity contribution < 1.29 is 4.92 Å². The van der Waals surface area contributed by atoms with Crippen LogP contribution in [0.5, 0.6) is 0 Å². The van der Waals surface area contributed by atoms with Crippen LogP contribution in [0.4, 0.5) is 0 Å². The van der Waals surface area contributed by atoms with E-state index in [0.29, 0.717) is 5.69 Å². The Morgan fingerprint density at radius 3 is 3.11 bits per heavy atom. The van der Waals surface area contributed by atoms with Gasteiger partial charge in [-0.3, -0.25) is 10.1 Å². The van der Waals surface area contributed by atoms with Crippen LogP contribution in [0, 0.1) is 10.1 Å². The lowest BCUT2D eigenvalue weighted by Gasteiger charge is -1.83. The summed E-state index contributed by atoms with van der Waals surface area (Å²) in [5.74, 6) is 0. The van der Waals surface area contributed by atoms with E-state index in [-0.39, 0.29) is 6.54 Å². The molecule has 1 aromatic rings. The van der Waals surface area contributed by atoms with Crippen molar-refractivity contribution in [3.63, 3.8) is 0 Å². The Morgan fingerprint density at radius 2 is 2.67 bits per heavy atom. The molecule has 0 radical (unpaired) electrons. The zero-order chi connectivity index (χ0) is 6.69. The highest BCUT2D eigenvalue weighted by Gasteiger charge is 2.00. The second-order valence-corrected chi connectivity index (χ2v) is 2.19. The molecule has 0 bridgehead atoms. The monoisotopic (exact) mass is 144 g/mol. The molecule has 1 heterocycles. The summed E-state index contributed by atoms with van der Waals surface area (Å²) in [6.07, 6.45) is 0. The van der Waals surface area contributed by atoms with E-state index >= 15 is 0 Å². The first-order chi connectivity index (χ1) is 4.29. The van der Waals surface area contributed by atoms with E-state index in [1.165, 1.54) is 11.3 Å². The van der Waals surface area contributed by atoms with Crippen molar-refractivity contribution in [3.8, 4) is 0 Å². The summed E-state index contributed by atoms with van der Waals surface area (Å²) in [5.41, 5.74) is 2.11. The van der Waals surface area contributed by atoms with Crippen LogP contribution in [0.3, 0.4) is 0 Å². The van der Waals surface area contributed by atoms with Gasteiger partial charge in [0, 0.05) is 10.3 Å². The molecule has 5 heteroatoms. The first-order valence-electron chi connectivity index (χ1n) is 2.28. The lowest BCUT2D eigenvalue weighted by atomic mass is 10.5. The lowest BCUT2D eigenvalue weighted by Crippen LogP contribution is -1.97. The number of hydrogen-bond acceptors (Lipinski definition) is 4. The van der Waals surface area contributed by atoms with Gasteiger partial charge in [0.2, 0.25) is 6.54 Å². The number of aromatic nitrogens is 1. The molecule has 0 aliphatic rings. The summed E-state index contributed by atoms with van der Waals surface area (Å²) in [5, 5.41) is 11.5. The van der Waals surface area contributed by atoms with E-state index in [0.717, 1.165) is 0 Å². The van der Waals surface area contributed by atoms with Crippen LogP contribution in [0.1, 0.15) is 5.69 Å². The van der Waals surface area contributed by atoms with E-state index in [4.69, 9.17) is 0 Å². The Balaban J connectivity index is 2.58. The third kappa shape index (κ3) is 1.77. The fraction of sp³-hybridized carbons (Fsp3) is 0.250. The number of nitro groups is 1. The molecule has 0 saturated heterocycles. The molecule has 0 amide bonds. The highest BCUT2D eigenvalue weighted by Crippen LogP contribution is 2.00. The van der Waals surface area contributed by atoms with Gasteiger partial charge in [-0.05, 0) is 0 Å². The van der Waals surface area contributed by atoms with E-state index in [1.54, 1.807) is 10.9 Å². The molecule has 4 nitrogen and oxygen atoms in total. The Labute approximate surface area is 55.3 Å². The SMILES string of the molecule is O=[N+]([O-])Cc1cscn1. The van der Waals surface area contributed by atoms with E-state index in [1.807, 2.05) is 0 Å². The molecule has 0 aliphatic heterocycles. The second-order valence-electron chi connectivity index (χ2n) is 1.47. The van der Waals surface area contributed by atoms with Crippen molar-refractivity contribution in [2.75, 3.05) is 0 Å². The third-order valence-electron chi connectivity index (χ3n) is 0.775. The summed E-state index contributed by atoms with van der Waals surface area (Å²) in [6, 6.07) is 0. The summed E-state index contributed by atoms with van der Waals surface area (Å²) >= 11 is 1.37. The number of rotatable bonds is 2. The Hall–Kier alpha value is -0.970. The minimum absolute atomic E-state index is 0.163. The van der Waals surface area contributed by atoms with Crippen molar-refractivity contribution in [2.45, 2.75) is 6.54 Å². The lowest BCUT2D eigenvalue weighted by molar-refractivity contribution is -0.497. The summed E-state index contributed by atoms with van der Waals surface area (Å²) < 4.78 is 0. The average molecular weight is 144 g/mol. The van der Waals surface area contributed by atoms with E-state index < -0.39 is 4.92 Å². The predicted molar refractivity (Wildman–Crippen MR) is 32.8 cm³/mol. The highest BCUT2D eigenvalue weighted by atomic mass is 32.1. The minimum atomic E-state index is -0.394. The Morgan fingerprint density at radius 1 is 1.89 bits per heavy atom. The normalized spacial score (nSPS) is 9.33. The van der Waals surface area contributed by atoms with Crippen molar-refractivity contribution in [1.82, 2.24) is 4.98 Å². The number of nitrogens with zero attached hydrogens (tertiary/aromatic N) is 2. The molecule has 0 aromatic carbocycles. The molecule has 0 saturated carbocycles. The van der Waals surface area contributed by atoms with Crippen LogP contribution >= 0.6 is 11.3 Å². The van der Waals surface area contributed by atoms with Gasteiger partial charge < -0.3 is 0 Å². The van der Waals surface area contributed by atoms with Crippen LogP contribution in [-0.2, 0) is 6.54 Å². The van der Waals surface area contributed by atoms with Gasteiger partial charge in [-0.15, -0.1) is 11.3 Å². The van der Waals surface area contributed by atoms with Crippen molar-refractivity contribution in [1.29, 1.82) is 0 Å². The molecule has 0 atom stereocenters. The summed E-state index contributed by atoms with van der Waals surface area (Å²) in [7, 11) is 0. The van der Waals surface area contributed by atoms with Crippen molar-refractivity contribution in [2.24, 2.45) is 0 Å². The van der Waals surface area contributed by atoms with Crippen LogP contribution in [0.25, 0.3) is 0 Å². The molecule has 0 fully saturated rings. The standard InChI is InChI=1S/C4H4N2O2S/c7-6(8)1-4-2-9-3-5-4/h2-3H,1H2. The van der Waals surface area contributed by atoms with Crippen LogP contribution < -0.4 is 0 Å². The summed E-state index contributed by atoms with van der Waals surface area (Å²) in [6.45, 7) is -0.163. The third-order valence-corrected chi connectivity index (χ3v) is 1.41. The fourth-order valence-electron chi connectivity index (χ4n) is 0.448. The number of thiazole rings is 1. The molecule has 1 rings (SSSR count). The van der Waals surface area contributed by atoms with E-state index in [2.05, 4.69) is 4.98 Å². The maximum absolute atomic E-state index is 9.84. The van der Waals surface area contributed by atoms with Gasteiger partial charge in [0.05, 0.1) is 5.51 Å². The number of hydrogen-bond donors (Lipinski definition) is 0. The van der Waals surface area contributed by atoms with Crippen molar-refractivity contribution in [3.05, 3.63) is 26.7 Å². The highest BCUT2D eigenvalue weighted by molar-refractivity contribution is 7.07. The van der Waals surface area contributed by atoms with Gasteiger partial charge in [-0.2, -0.15) is 0 Å². The van der Waals surface area contributed by atoms with Crippen LogP contribution in [0.2, 0.25) is 0 Å². The van der Waals surface area contributed by atoms with Gasteiger partial charge in [0.25, 0.3) is 0 Å². The molecule has 0 unspecified atom stereocenters. The zero-order valence-corrected chi connectivity index (χ0v) is 5.30. The Bertz CT molecular complexity index is 196. The summed E-state index contributed by atoms with van der Waals surface area (Å²) in [4.78, 5) is 13.2. The molecule has 0 spiro atoms. The molecule has 48 valence electrons. The molecular weight excluding hydrogens is 140 g/mol. The van der Waals surface area contributed by atoms with Crippen LogP contribution in [-0.4, -0.2) is 9.91 Å². The predicted octanol–water partition coefficient (Wildman–Crippen LogP) is 0.920. The molecule has 0 aliphatic carbocycles. The fourth-order valence-corrected chi connectivity index (χ4v) is 0.997.